The van der Waals surface area contributed by atoms with Gasteiger partial charge in [0.05, 0.1) is 16.9 Å². The molecular formula is C18H24N4O4S. The first-order valence-corrected chi connectivity index (χ1v) is 9.82. The number of carbonyl (C=O) groups excluding carboxylic acids is 2. The molecule has 0 aliphatic carbocycles. The molecule has 0 bridgehead atoms. The van der Waals surface area contributed by atoms with Gasteiger partial charge < -0.3 is 15.6 Å². The molecule has 9 heteroatoms. The number of nitrogens with one attached hydrogen (secondary N) is 4. The van der Waals surface area contributed by atoms with E-state index in [0.717, 1.165) is 5.56 Å². The van der Waals surface area contributed by atoms with E-state index < -0.39 is 21.6 Å². The standard InChI is InChI=1S/C18H24N4O4S/c1-12-5-6-13(9-15(12)27(25,26)22-17(24)19-4)10-16(23)21-18(2,3)14-7-8-20-11-14/h5-9,11,20H,10H2,1-4H3,(H,21,23)(H2,19,22,24). The normalized spacial score (nSPS) is 11.7. The summed E-state index contributed by atoms with van der Waals surface area (Å²) in [5.74, 6) is -0.243. The second-order valence-corrected chi connectivity index (χ2v) is 8.38. The number of aromatic nitrogens is 1. The molecule has 4 N–H and O–H groups in total. The molecule has 27 heavy (non-hydrogen) atoms. The lowest BCUT2D eigenvalue weighted by Crippen LogP contribution is -2.41. The van der Waals surface area contributed by atoms with Crippen LogP contribution in [-0.2, 0) is 26.8 Å². The van der Waals surface area contributed by atoms with E-state index in [4.69, 9.17) is 0 Å². The van der Waals surface area contributed by atoms with Crippen molar-refractivity contribution in [1.82, 2.24) is 20.3 Å². The molecule has 3 amide bonds. The van der Waals surface area contributed by atoms with Crippen LogP contribution in [0.5, 0.6) is 0 Å². The monoisotopic (exact) mass is 392 g/mol. The van der Waals surface area contributed by atoms with E-state index in [1.807, 2.05) is 24.6 Å². The molecule has 0 aliphatic rings. The van der Waals surface area contributed by atoms with Crippen LogP contribution < -0.4 is 15.4 Å². The number of rotatable bonds is 6. The van der Waals surface area contributed by atoms with Crippen LogP contribution >= 0.6 is 0 Å². The Balaban J connectivity index is 2.18. The lowest BCUT2D eigenvalue weighted by Gasteiger charge is -2.25. The van der Waals surface area contributed by atoms with E-state index in [1.54, 1.807) is 31.5 Å². The largest absolute Gasteiger partial charge is 0.367 e. The lowest BCUT2D eigenvalue weighted by molar-refractivity contribution is -0.122. The van der Waals surface area contributed by atoms with Crippen molar-refractivity contribution < 1.29 is 18.0 Å². The molecule has 8 nitrogen and oxygen atoms in total. The van der Waals surface area contributed by atoms with E-state index in [2.05, 4.69) is 15.6 Å². The molecule has 0 radical (unpaired) electrons. The summed E-state index contributed by atoms with van der Waals surface area (Å²) < 4.78 is 26.7. The summed E-state index contributed by atoms with van der Waals surface area (Å²) in [6.07, 6.45) is 3.59. The van der Waals surface area contributed by atoms with Gasteiger partial charge >= 0.3 is 6.03 Å². The van der Waals surface area contributed by atoms with Crippen molar-refractivity contribution in [2.45, 2.75) is 37.6 Å². The molecule has 0 atom stereocenters. The average molecular weight is 392 g/mol. The zero-order chi connectivity index (χ0) is 20.2. The lowest BCUT2D eigenvalue weighted by atomic mass is 9.96. The highest BCUT2D eigenvalue weighted by atomic mass is 32.2. The smallest absolute Gasteiger partial charge is 0.328 e. The minimum Gasteiger partial charge on any atom is -0.367 e. The Labute approximate surface area is 158 Å². The van der Waals surface area contributed by atoms with Crippen LogP contribution in [0.2, 0.25) is 0 Å². The van der Waals surface area contributed by atoms with Crippen molar-refractivity contribution in [2.24, 2.45) is 0 Å². The summed E-state index contributed by atoms with van der Waals surface area (Å²) in [7, 11) is -2.70. The number of aromatic amines is 1. The number of sulfonamides is 1. The number of carbonyl (C=O) groups is 2. The molecular weight excluding hydrogens is 368 g/mol. The number of aryl methyl sites for hydroxylation is 1. The minimum absolute atomic E-state index is 0.0105. The Kier molecular flexibility index (Phi) is 5.94. The van der Waals surface area contributed by atoms with Crippen LogP contribution in [0.3, 0.4) is 0 Å². The van der Waals surface area contributed by atoms with E-state index in [9.17, 15) is 18.0 Å². The third-order valence-electron chi connectivity index (χ3n) is 4.13. The minimum atomic E-state index is -4.03. The highest BCUT2D eigenvalue weighted by Crippen LogP contribution is 2.20. The van der Waals surface area contributed by atoms with Crippen molar-refractivity contribution in [3.8, 4) is 0 Å². The molecule has 0 saturated heterocycles. The molecule has 0 saturated carbocycles. The SMILES string of the molecule is CNC(=O)NS(=O)(=O)c1cc(CC(=O)NC(C)(C)c2cc[nH]c2)ccc1C. The van der Waals surface area contributed by atoms with Gasteiger partial charge in [0.15, 0.2) is 0 Å². The Morgan fingerprint density at radius 1 is 1.19 bits per heavy atom. The van der Waals surface area contributed by atoms with Gasteiger partial charge in [0.2, 0.25) is 5.91 Å². The van der Waals surface area contributed by atoms with Crippen molar-refractivity contribution in [2.75, 3.05) is 7.05 Å². The van der Waals surface area contributed by atoms with Crippen LogP contribution in [0.4, 0.5) is 4.79 Å². The molecule has 146 valence electrons. The number of hydrogen-bond acceptors (Lipinski definition) is 4. The molecule has 1 aromatic carbocycles. The van der Waals surface area contributed by atoms with Gasteiger partial charge in [-0.05, 0) is 49.6 Å². The first-order chi connectivity index (χ1) is 12.5. The molecule has 0 aliphatic heterocycles. The topological polar surface area (TPSA) is 120 Å². The van der Waals surface area contributed by atoms with E-state index in [-0.39, 0.29) is 17.2 Å². The maximum Gasteiger partial charge on any atom is 0.328 e. The molecule has 0 fully saturated rings. The van der Waals surface area contributed by atoms with Crippen molar-refractivity contribution in [1.29, 1.82) is 0 Å². The highest BCUT2D eigenvalue weighted by molar-refractivity contribution is 7.90. The summed E-state index contributed by atoms with van der Waals surface area (Å²) in [5.41, 5.74) is 1.36. The van der Waals surface area contributed by atoms with Gasteiger partial charge in [-0.15, -0.1) is 0 Å². The third-order valence-corrected chi connectivity index (χ3v) is 5.61. The molecule has 0 unspecified atom stereocenters. The Morgan fingerprint density at radius 2 is 1.89 bits per heavy atom. The highest BCUT2D eigenvalue weighted by Gasteiger charge is 2.24. The summed E-state index contributed by atoms with van der Waals surface area (Å²) in [6.45, 7) is 5.38. The van der Waals surface area contributed by atoms with Crippen LogP contribution in [0.1, 0.15) is 30.5 Å². The zero-order valence-electron chi connectivity index (χ0n) is 15.7. The number of hydrogen-bond donors (Lipinski definition) is 4. The van der Waals surface area contributed by atoms with Crippen LogP contribution in [0, 0.1) is 6.92 Å². The second-order valence-electron chi connectivity index (χ2n) is 6.73. The quantitative estimate of drug-likeness (QED) is 0.596. The van der Waals surface area contributed by atoms with E-state index in [0.29, 0.717) is 11.1 Å². The van der Waals surface area contributed by atoms with Crippen LogP contribution in [-0.4, -0.2) is 32.4 Å². The van der Waals surface area contributed by atoms with Gasteiger partial charge in [-0.3, -0.25) is 4.79 Å². The van der Waals surface area contributed by atoms with Gasteiger partial charge in [-0.25, -0.2) is 17.9 Å². The van der Waals surface area contributed by atoms with Gasteiger partial charge in [0.1, 0.15) is 0 Å². The maximum absolute atomic E-state index is 12.4. The Bertz CT molecular complexity index is 934. The number of benzene rings is 1. The van der Waals surface area contributed by atoms with Crippen molar-refractivity contribution in [3.63, 3.8) is 0 Å². The average Bonchev–Trinajstić information content (AvgIpc) is 3.11. The molecule has 0 spiro atoms. The maximum atomic E-state index is 12.4. The van der Waals surface area contributed by atoms with Gasteiger partial charge in [0.25, 0.3) is 10.0 Å². The number of amides is 3. The molecule has 2 aromatic rings. The van der Waals surface area contributed by atoms with E-state index >= 15 is 0 Å². The fourth-order valence-corrected chi connectivity index (χ4v) is 3.89. The summed E-state index contributed by atoms with van der Waals surface area (Å²) >= 11 is 0. The summed E-state index contributed by atoms with van der Waals surface area (Å²) in [5, 5.41) is 5.13. The number of H-pyrrole nitrogens is 1. The molecule has 1 aromatic heterocycles. The predicted octanol–water partition coefficient (Wildman–Crippen LogP) is 1.53. The van der Waals surface area contributed by atoms with Crippen LogP contribution in [0.15, 0.2) is 41.6 Å². The predicted molar refractivity (Wildman–Crippen MR) is 102 cm³/mol. The van der Waals surface area contributed by atoms with Gasteiger partial charge in [-0.1, -0.05) is 12.1 Å². The molecule has 1 heterocycles. The Morgan fingerprint density at radius 3 is 2.48 bits per heavy atom. The van der Waals surface area contributed by atoms with E-state index in [1.165, 1.54) is 13.1 Å². The summed E-state index contributed by atoms with van der Waals surface area (Å²) in [4.78, 5) is 26.7. The van der Waals surface area contributed by atoms with Gasteiger partial charge in [-0.2, -0.15) is 0 Å². The zero-order valence-corrected chi connectivity index (χ0v) is 16.5. The van der Waals surface area contributed by atoms with Crippen LogP contribution in [0.25, 0.3) is 0 Å². The fraction of sp³-hybridized carbons (Fsp3) is 0.333. The van der Waals surface area contributed by atoms with Crippen molar-refractivity contribution in [3.05, 3.63) is 53.3 Å². The summed E-state index contributed by atoms with van der Waals surface area (Å²) in [6, 6.07) is 5.76. The first-order valence-electron chi connectivity index (χ1n) is 8.33. The Hall–Kier alpha value is -2.81. The second kappa shape index (κ2) is 7.83. The third kappa shape index (κ3) is 5.10. The number of urea groups is 1. The van der Waals surface area contributed by atoms with Crippen molar-refractivity contribution >= 4 is 22.0 Å². The fourth-order valence-electron chi connectivity index (χ4n) is 2.63. The first kappa shape index (κ1) is 20.5. The van der Waals surface area contributed by atoms with Gasteiger partial charge in [0, 0.05) is 19.4 Å². The molecule has 2 rings (SSSR count).